The van der Waals surface area contributed by atoms with Gasteiger partial charge in [-0.25, -0.2) is 21.9 Å². The maximum absolute atomic E-state index is 13.7. The van der Waals surface area contributed by atoms with Crippen molar-refractivity contribution in [3.05, 3.63) is 29.3 Å². The van der Waals surface area contributed by atoms with Crippen molar-refractivity contribution in [1.29, 1.82) is 0 Å². The molecule has 1 aliphatic rings. The second-order valence-corrected chi connectivity index (χ2v) is 6.28. The lowest BCUT2D eigenvalue weighted by Gasteiger charge is -2.23. The molecule has 1 aromatic rings. The first-order valence-electron chi connectivity index (χ1n) is 6.22. The fourth-order valence-corrected chi connectivity index (χ4v) is 3.47. The van der Waals surface area contributed by atoms with Crippen molar-refractivity contribution in [1.82, 2.24) is 4.72 Å². The topological polar surface area (TPSA) is 81.4 Å². The third-order valence-corrected chi connectivity index (χ3v) is 4.64. The summed E-state index contributed by atoms with van der Waals surface area (Å²) >= 11 is 0. The monoisotopic (exact) mass is 306 g/mol. The Hall–Kier alpha value is -1.09. The van der Waals surface area contributed by atoms with E-state index in [1.165, 1.54) is 0 Å². The maximum Gasteiger partial charge on any atom is 0.243 e. The smallest absolute Gasteiger partial charge is 0.243 e. The van der Waals surface area contributed by atoms with E-state index in [2.05, 4.69) is 4.72 Å². The summed E-state index contributed by atoms with van der Waals surface area (Å²) in [7, 11) is -4.12. The van der Waals surface area contributed by atoms with Gasteiger partial charge in [0.05, 0.1) is 0 Å². The van der Waals surface area contributed by atoms with Crippen LogP contribution >= 0.6 is 0 Å². The lowest BCUT2D eigenvalue weighted by molar-refractivity contribution is 0.0832. The molecule has 3 N–H and O–H groups in total. The van der Waals surface area contributed by atoms with Gasteiger partial charge in [-0.3, -0.25) is 0 Å². The molecule has 0 unspecified atom stereocenters. The van der Waals surface area contributed by atoms with E-state index in [0.29, 0.717) is 26.1 Å². The average Bonchev–Trinajstić information content (AvgIpc) is 2.42. The number of hydrogen-bond acceptors (Lipinski definition) is 4. The number of hydrogen-bond donors (Lipinski definition) is 2. The first-order valence-corrected chi connectivity index (χ1v) is 7.70. The van der Waals surface area contributed by atoms with Crippen LogP contribution < -0.4 is 10.5 Å². The lowest BCUT2D eigenvalue weighted by Crippen LogP contribution is -2.39. The molecule has 0 aromatic heterocycles. The first-order chi connectivity index (χ1) is 9.44. The van der Waals surface area contributed by atoms with Crippen molar-refractivity contribution >= 4 is 10.0 Å². The zero-order chi connectivity index (χ0) is 14.8. The molecule has 0 aliphatic carbocycles. The Morgan fingerprint density at radius 2 is 1.95 bits per heavy atom. The lowest BCUT2D eigenvalue weighted by atomic mass is 10.1. The van der Waals surface area contributed by atoms with Crippen LogP contribution in [0.25, 0.3) is 0 Å². The van der Waals surface area contributed by atoms with Gasteiger partial charge in [0.25, 0.3) is 0 Å². The molecule has 1 saturated heterocycles. The summed E-state index contributed by atoms with van der Waals surface area (Å²) in [6.07, 6.45) is 1.000. The van der Waals surface area contributed by atoms with Crippen molar-refractivity contribution in [2.45, 2.75) is 30.3 Å². The zero-order valence-electron chi connectivity index (χ0n) is 10.7. The van der Waals surface area contributed by atoms with Crippen molar-refractivity contribution in [2.24, 2.45) is 5.73 Å². The van der Waals surface area contributed by atoms with Crippen LogP contribution in [0.5, 0.6) is 0 Å². The quantitative estimate of drug-likeness (QED) is 0.865. The average molecular weight is 306 g/mol. The zero-order valence-corrected chi connectivity index (χ0v) is 11.6. The summed E-state index contributed by atoms with van der Waals surface area (Å²) in [4.78, 5) is -0.704. The Balaban J connectivity index is 2.30. The van der Waals surface area contributed by atoms with Crippen LogP contribution in [-0.2, 0) is 21.3 Å². The normalized spacial score (nSPS) is 17.4. The highest BCUT2D eigenvalue weighted by molar-refractivity contribution is 7.89. The Kier molecular flexibility index (Phi) is 4.69. The number of sulfonamides is 1. The second kappa shape index (κ2) is 6.13. The maximum atomic E-state index is 13.7. The summed E-state index contributed by atoms with van der Waals surface area (Å²) in [5, 5.41) is 0. The Morgan fingerprint density at radius 1 is 1.30 bits per heavy atom. The molecule has 0 bridgehead atoms. The molecule has 0 radical (unpaired) electrons. The summed E-state index contributed by atoms with van der Waals surface area (Å²) in [5.41, 5.74) is 5.56. The van der Waals surface area contributed by atoms with Crippen molar-refractivity contribution in [3.8, 4) is 0 Å². The predicted octanol–water partition coefficient (Wildman–Crippen LogP) is 0.881. The van der Waals surface area contributed by atoms with E-state index in [-0.39, 0.29) is 18.2 Å². The molecule has 1 aromatic carbocycles. The molecule has 8 heteroatoms. The van der Waals surface area contributed by atoms with E-state index in [4.69, 9.17) is 10.5 Å². The van der Waals surface area contributed by atoms with E-state index in [0.717, 1.165) is 12.1 Å². The molecule has 0 atom stereocenters. The molecule has 1 heterocycles. The van der Waals surface area contributed by atoms with Gasteiger partial charge in [0, 0.05) is 25.8 Å². The third-order valence-electron chi connectivity index (χ3n) is 3.12. The largest absolute Gasteiger partial charge is 0.381 e. The van der Waals surface area contributed by atoms with Crippen LogP contribution in [-0.4, -0.2) is 27.7 Å². The fourth-order valence-electron chi connectivity index (χ4n) is 2.03. The van der Waals surface area contributed by atoms with Crippen molar-refractivity contribution in [2.75, 3.05) is 13.2 Å². The summed E-state index contributed by atoms with van der Waals surface area (Å²) in [6, 6.07) is 1.61. The minimum atomic E-state index is -4.12. The molecular weight excluding hydrogens is 290 g/mol. The Morgan fingerprint density at radius 3 is 2.55 bits per heavy atom. The van der Waals surface area contributed by atoms with Crippen molar-refractivity contribution < 1.29 is 21.9 Å². The Bertz CT molecular complexity index is 587. The second-order valence-electron chi connectivity index (χ2n) is 4.60. The number of nitrogens with two attached hydrogens (primary N) is 1. The molecule has 1 aliphatic heterocycles. The molecule has 20 heavy (non-hydrogen) atoms. The van der Waals surface area contributed by atoms with E-state index in [9.17, 15) is 17.2 Å². The summed E-state index contributed by atoms with van der Waals surface area (Å²) in [5.74, 6) is -2.61. The number of ether oxygens (including phenoxy) is 1. The molecule has 0 amide bonds. The molecule has 0 spiro atoms. The van der Waals surface area contributed by atoms with E-state index in [1.807, 2.05) is 0 Å². The van der Waals surface area contributed by atoms with Crippen LogP contribution in [0.4, 0.5) is 8.78 Å². The highest BCUT2D eigenvalue weighted by atomic mass is 32.2. The van der Waals surface area contributed by atoms with Gasteiger partial charge in [0.2, 0.25) is 10.0 Å². The number of halogens is 2. The van der Waals surface area contributed by atoms with Gasteiger partial charge in [0.15, 0.2) is 11.6 Å². The van der Waals surface area contributed by atoms with Gasteiger partial charge >= 0.3 is 0 Å². The predicted molar refractivity (Wildman–Crippen MR) is 68.4 cm³/mol. The summed E-state index contributed by atoms with van der Waals surface area (Å²) in [6.45, 7) is 0.802. The standard InChI is InChI=1S/C12H16F2N2O3S/c13-10-5-8(7-15)6-11(12(10)14)20(17,18)16-9-1-3-19-4-2-9/h5-6,9,16H,1-4,7,15H2. The first kappa shape index (κ1) is 15.3. The minimum absolute atomic E-state index is 0.0724. The van der Waals surface area contributed by atoms with E-state index >= 15 is 0 Å². The van der Waals surface area contributed by atoms with Crippen LogP contribution in [0.2, 0.25) is 0 Å². The molecule has 0 saturated carbocycles. The summed E-state index contributed by atoms with van der Waals surface area (Å²) < 4.78 is 58.9. The Labute approximate surface area is 116 Å². The van der Waals surface area contributed by atoms with Gasteiger partial charge in [-0.15, -0.1) is 0 Å². The number of rotatable bonds is 4. The molecule has 5 nitrogen and oxygen atoms in total. The van der Waals surface area contributed by atoms with Crippen molar-refractivity contribution in [3.63, 3.8) is 0 Å². The number of nitrogens with one attached hydrogen (secondary N) is 1. The van der Waals surface area contributed by atoms with Gasteiger partial charge in [0.1, 0.15) is 4.90 Å². The highest BCUT2D eigenvalue weighted by Crippen LogP contribution is 2.21. The third kappa shape index (κ3) is 3.32. The van der Waals surface area contributed by atoms with Gasteiger partial charge < -0.3 is 10.5 Å². The van der Waals surface area contributed by atoms with Gasteiger partial charge in [-0.2, -0.15) is 0 Å². The molecular formula is C12H16F2N2O3S. The fraction of sp³-hybridized carbons (Fsp3) is 0.500. The van der Waals surface area contributed by atoms with E-state index < -0.39 is 26.6 Å². The van der Waals surface area contributed by atoms with Gasteiger partial charge in [-0.05, 0) is 30.5 Å². The van der Waals surface area contributed by atoms with Crippen LogP contribution in [0, 0.1) is 11.6 Å². The van der Waals surface area contributed by atoms with E-state index in [1.54, 1.807) is 0 Å². The van der Waals surface area contributed by atoms with Crippen LogP contribution in [0.3, 0.4) is 0 Å². The van der Waals surface area contributed by atoms with Gasteiger partial charge in [-0.1, -0.05) is 0 Å². The van der Waals surface area contributed by atoms with Crippen LogP contribution in [0.15, 0.2) is 17.0 Å². The highest BCUT2D eigenvalue weighted by Gasteiger charge is 2.26. The number of benzene rings is 1. The molecule has 1 fully saturated rings. The SMILES string of the molecule is NCc1cc(F)c(F)c(S(=O)(=O)NC2CCOCC2)c1. The molecule has 2 rings (SSSR count). The van der Waals surface area contributed by atoms with Crippen LogP contribution in [0.1, 0.15) is 18.4 Å². The molecule has 112 valence electrons. The minimum Gasteiger partial charge on any atom is -0.381 e.